The second-order valence-corrected chi connectivity index (χ2v) is 9.96. The summed E-state index contributed by atoms with van der Waals surface area (Å²) in [4.78, 5) is 14.9. The van der Waals surface area contributed by atoms with Crippen molar-refractivity contribution in [2.24, 2.45) is 0 Å². The van der Waals surface area contributed by atoms with Gasteiger partial charge >= 0.3 is 5.97 Å². The Morgan fingerprint density at radius 1 is 1.30 bits per heavy atom. The summed E-state index contributed by atoms with van der Waals surface area (Å²) in [5.74, 6) is -1.55. The van der Waals surface area contributed by atoms with Crippen molar-refractivity contribution in [1.29, 1.82) is 0 Å². The van der Waals surface area contributed by atoms with Gasteiger partial charge in [-0.3, -0.25) is 9.78 Å². The molecule has 1 aromatic carbocycles. The molecule has 8 nitrogen and oxygen atoms in total. The Labute approximate surface area is 191 Å². The van der Waals surface area contributed by atoms with Gasteiger partial charge in [-0.25, -0.2) is 12.8 Å². The topological polar surface area (TPSA) is 102 Å². The molecule has 0 amide bonds. The van der Waals surface area contributed by atoms with E-state index in [-0.39, 0.29) is 36.4 Å². The summed E-state index contributed by atoms with van der Waals surface area (Å²) in [6.07, 6.45) is 7.03. The number of carboxylic acid groups (broad SMARTS) is 1. The lowest BCUT2D eigenvalue weighted by Crippen LogP contribution is -2.35. The molecule has 0 unspecified atom stereocenters. The largest absolute Gasteiger partial charge is 0.491 e. The van der Waals surface area contributed by atoms with Crippen molar-refractivity contribution in [2.75, 3.05) is 13.1 Å². The lowest BCUT2D eigenvalue weighted by atomic mass is 10.0. The number of rotatable bonds is 7. The van der Waals surface area contributed by atoms with Crippen LogP contribution in [0.25, 0.3) is 16.5 Å². The van der Waals surface area contributed by atoms with Crippen LogP contribution >= 0.6 is 0 Å². The molecule has 0 saturated carbocycles. The van der Waals surface area contributed by atoms with Gasteiger partial charge in [0.1, 0.15) is 23.0 Å². The lowest BCUT2D eigenvalue weighted by molar-refractivity contribution is -0.137. The molecule has 4 rings (SSSR count). The normalized spacial score (nSPS) is 15.1. The molecule has 1 aliphatic rings. The Balaban J connectivity index is 1.60. The molecule has 174 valence electrons. The minimum atomic E-state index is -4.03. The maximum Gasteiger partial charge on any atom is 0.323 e. The first kappa shape index (κ1) is 22.9. The third-order valence-electron chi connectivity index (χ3n) is 5.40. The summed E-state index contributed by atoms with van der Waals surface area (Å²) < 4.78 is 49.0. The van der Waals surface area contributed by atoms with Crippen LogP contribution in [0.15, 0.2) is 53.8 Å². The van der Waals surface area contributed by atoms with Crippen LogP contribution in [0, 0.1) is 5.82 Å². The van der Waals surface area contributed by atoms with Crippen molar-refractivity contribution >= 4 is 32.5 Å². The molecular formula is C23H24FN3O5S. The van der Waals surface area contributed by atoms with E-state index >= 15 is 0 Å². The number of hydrogen-bond acceptors (Lipinski definition) is 5. The van der Waals surface area contributed by atoms with Gasteiger partial charge in [-0.05, 0) is 44.0 Å². The Bertz CT molecular complexity index is 1350. The van der Waals surface area contributed by atoms with E-state index in [2.05, 4.69) is 4.98 Å². The fraction of sp³-hybridized carbons (Fsp3) is 0.304. The van der Waals surface area contributed by atoms with E-state index in [0.717, 1.165) is 22.6 Å². The highest BCUT2D eigenvalue weighted by atomic mass is 32.2. The molecule has 0 radical (unpaired) electrons. The average Bonchev–Trinajstić information content (AvgIpc) is 3.11. The number of pyridine rings is 1. The highest BCUT2D eigenvalue weighted by molar-refractivity contribution is 7.89. The van der Waals surface area contributed by atoms with Gasteiger partial charge in [-0.1, -0.05) is 6.08 Å². The number of sulfonamides is 1. The van der Waals surface area contributed by atoms with Crippen molar-refractivity contribution in [3.05, 3.63) is 60.3 Å². The molecule has 0 fully saturated rings. The number of benzene rings is 1. The number of halogens is 1. The Morgan fingerprint density at radius 3 is 2.73 bits per heavy atom. The van der Waals surface area contributed by atoms with E-state index in [0.29, 0.717) is 11.9 Å². The summed E-state index contributed by atoms with van der Waals surface area (Å²) in [6.45, 7) is 3.66. The summed E-state index contributed by atoms with van der Waals surface area (Å²) in [5.41, 5.74) is 2.44. The van der Waals surface area contributed by atoms with E-state index in [1.54, 1.807) is 43.1 Å². The van der Waals surface area contributed by atoms with Crippen molar-refractivity contribution in [1.82, 2.24) is 13.9 Å². The molecule has 0 atom stereocenters. The quantitative estimate of drug-likeness (QED) is 0.563. The standard InChI is InChI=1S/C23H24FN3O5S/c1-15(2)32-17-3-4-22(20(24)11-17)33(30,31)27-9-6-16(7-10-27)19-13-26(14-23(28)29)21-12-25-8-5-18(19)21/h3-6,8,11-13,15H,7,9-10,14H2,1-2H3,(H,28,29). The van der Waals surface area contributed by atoms with Gasteiger partial charge in [0, 0.05) is 42.5 Å². The molecule has 3 heterocycles. The molecule has 1 N–H and O–H groups in total. The number of hydrogen-bond donors (Lipinski definition) is 1. The summed E-state index contributed by atoms with van der Waals surface area (Å²) in [5, 5.41) is 10.0. The van der Waals surface area contributed by atoms with E-state index in [4.69, 9.17) is 4.74 Å². The van der Waals surface area contributed by atoms with Crippen LogP contribution in [-0.2, 0) is 21.4 Å². The monoisotopic (exact) mass is 473 g/mol. The van der Waals surface area contributed by atoms with E-state index in [1.165, 1.54) is 16.4 Å². The first-order valence-electron chi connectivity index (χ1n) is 10.5. The number of carboxylic acids is 1. The zero-order chi connectivity index (χ0) is 23.8. The van der Waals surface area contributed by atoms with E-state index < -0.39 is 21.8 Å². The number of fused-ring (bicyclic) bond motifs is 1. The number of ether oxygens (including phenoxy) is 1. The predicted octanol–water partition coefficient (Wildman–Crippen LogP) is 3.53. The van der Waals surface area contributed by atoms with E-state index in [1.807, 2.05) is 6.07 Å². The van der Waals surface area contributed by atoms with Crippen molar-refractivity contribution in [3.8, 4) is 5.75 Å². The Kier molecular flexibility index (Phi) is 6.22. The van der Waals surface area contributed by atoms with Crippen LogP contribution < -0.4 is 4.74 Å². The van der Waals surface area contributed by atoms with Gasteiger partial charge in [-0.15, -0.1) is 0 Å². The minimum absolute atomic E-state index is 0.0814. The van der Waals surface area contributed by atoms with Crippen LogP contribution in [0.5, 0.6) is 5.75 Å². The number of carbonyl (C=O) groups is 1. The average molecular weight is 474 g/mol. The first-order chi connectivity index (χ1) is 15.7. The fourth-order valence-electron chi connectivity index (χ4n) is 3.96. The lowest BCUT2D eigenvalue weighted by Gasteiger charge is -2.26. The Morgan fingerprint density at radius 2 is 2.09 bits per heavy atom. The first-order valence-corrected chi connectivity index (χ1v) is 11.9. The minimum Gasteiger partial charge on any atom is -0.491 e. The predicted molar refractivity (Wildman–Crippen MR) is 121 cm³/mol. The third kappa shape index (κ3) is 4.62. The maximum atomic E-state index is 14.6. The SMILES string of the molecule is CC(C)Oc1ccc(S(=O)(=O)N2CC=C(c3cn(CC(=O)O)c4cnccc34)CC2)c(F)c1. The van der Waals surface area contributed by atoms with Crippen LogP contribution in [0.3, 0.4) is 0 Å². The second-order valence-electron chi connectivity index (χ2n) is 8.06. The van der Waals surface area contributed by atoms with Crippen LogP contribution in [0.4, 0.5) is 4.39 Å². The number of aromatic nitrogens is 2. The van der Waals surface area contributed by atoms with Crippen LogP contribution in [0.2, 0.25) is 0 Å². The van der Waals surface area contributed by atoms with Crippen molar-refractivity contribution < 1.29 is 27.4 Å². The van der Waals surface area contributed by atoms with Gasteiger partial charge in [-0.2, -0.15) is 4.31 Å². The molecule has 0 saturated heterocycles. The van der Waals surface area contributed by atoms with Gasteiger partial charge in [0.25, 0.3) is 0 Å². The fourth-order valence-corrected chi connectivity index (χ4v) is 5.38. The van der Waals surface area contributed by atoms with Gasteiger partial charge in [0.05, 0.1) is 17.8 Å². The zero-order valence-corrected chi connectivity index (χ0v) is 19.0. The van der Waals surface area contributed by atoms with Gasteiger partial charge in [0.2, 0.25) is 10.0 Å². The van der Waals surface area contributed by atoms with E-state index in [9.17, 15) is 22.7 Å². The molecule has 3 aromatic rings. The van der Waals surface area contributed by atoms with Crippen LogP contribution in [0.1, 0.15) is 25.8 Å². The number of aliphatic carboxylic acids is 1. The third-order valence-corrected chi connectivity index (χ3v) is 7.30. The molecule has 33 heavy (non-hydrogen) atoms. The smallest absolute Gasteiger partial charge is 0.323 e. The molecule has 0 bridgehead atoms. The summed E-state index contributed by atoms with van der Waals surface area (Å²) in [7, 11) is -4.03. The molecule has 0 aliphatic carbocycles. The number of nitrogens with zero attached hydrogens (tertiary/aromatic N) is 3. The van der Waals surface area contributed by atoms with Crippen molar-refractivity contribution in [2.45, 2.75) is 37.8 Å². The molecule has 10 heteroatoms. The zero-order valence-electron chi connectivity index (χ0n) is 18.2. The highest BCUT2D eigenvalue weighted by Gasteiger charge is 2.30. The molecular weight excluding hydrogens is 449 g/mol. The summed E-state index contributed by atoms with van der Waals surface area (Å²) in [6, 6.07) is 5.58. The molecule has 1 aliphatic heterocycles. The van der Waals surface area contributed by atoms with Gasteiger partial charge < -0.3 is 14.4 Å². The summed E-state index contributed by atoms with van der Waals surface area (Å²) >= 11 is 0. The Hall–Kier alpha value is -3.24. The molecule has 2 aromatic heterocycles. The highest BCUT2D eigenvalue weighted by Crippen LogP contribution is 2.33. The van der Waals surface area contributed by atoms with Crippen LogP contribution in [-0.4, -0.2) is 52.5 Å². The maximum absolute atomic E-state index is 14.6. The molecule has 0 spiro atoms. The second kappa shape index (κ2) is 8.95. The van der Waals surface area contributed by atoms with Gasteiger partial charge in [0.15, 0.2) is 0 Å². The van der Waals surface area contributed by atoms with Crippen molar-refractivity contribution in [3.63, 3.8) is 0 Å².